The van der Waals surface area contributed by atoms with E-state index in [1.54, 1.807) is 26.4 Å². The molecule has 22 nitrogen and oxygen atoms in total. The SMILES string of the molecule is C1CNC1.CS(=O)(=O)Nc1ccc(Cl)cc1C(=O)N1CCCC[C@H]1c1cc2nc(Cl)cc(Cl)n2n1.CS(=O)(=O)Nc1ccc(Cl)cc1C(=O)N1CCCC[C@H]1c1cc2nc(N3CCC3)cc(NCCN)n2n1.Cl.NCCN. The van der Waals surface area contributed by atoms with Gasteiger partial charge >= 0.3 is 0 Å². The molecule has 29 heteroatoms. The minimum Gasteiger partial charge on any atom is -0.369 e. The Morgan fingerprint density at radius 1 is 0.636 bits per heavy atom. The van der Waals surface area contributed by atoms with E-state index in [1.165, 1.54) is 60.4 Å². The summed E-state index contributed by atoms with van der Waals surface area (Å²) >= 11 is 24.5. The second-order valence-electron chi connectivity index (χ2n) is 18.5. The molecule has 2 aromatic carbocycles. The van der Waals surface area contributed by atoms with Crippen LogP contribution in [0.5, 0.6) is 0 Å². The minimum atomic E-state index is -3.59. The highest BCUT2D eigenvalue weighted by molar-refractivity contribution is 7.92. The lowest BCUT2D eigenvalue weighted by Crippen LogP contribution is -2.39. The number of aromatic nitrogens is 6. The molecule has 4 fully saturated rings. The van der Waals surface area contributed by atoms with Gasteiger partial charge < -0.3 is 42.5 Å². The lowest BCUT2D eigenvalue weighted by molar-refractivity contribution is 0.0600. The zero-order valence-corrected chi connectivity index (χ0v) is 48.1. The van der Waals surface area contributed by atoms with Crippen molar-refractivity contribution in [1.82, 2.24) is 44.3 Å². The first kappa shape index (κ1) is 61.2. The molecule has 0 radical (unpaired) electrons. The molecule has 10 rings (SSSR count). The second kappa shape index (κ2) is 27.7. The van der Waals surface area contributed by atoms with Crippen LogP contribution in [-0.4, -0.2) is 146 Å². The molecular weight excluding hydrogens is 1140 g/mol. The topological polar surface area (TPSA) is 299 Å². The number of halogens is 5. The number of piperidine rings is 2. The first-order valence-corrected chi connectivity index (χ1v) is 30.2. The maximum atomic E-state index is 13.8. The van der Waals surface area contributed by atoms with Crippen molar-refractivity contribution in [3.05, 3.63) is 104 Å². The molecule has 0 bridgehead atoms. The highest BCUT2D eigenvalue weighted by Gasteiger charge is 2.34. The first-order valence-electron chi connectivity index (χ1n) is 24.9. The molecule has 4 aliphatic heterocycles. The Bertz CT molecular complexity index is 3230. The summed E-state index contributed by atoms with van der Waals surface area (Å²) in [5.41, 5.74) is 18.8. The molecule has 0 spiro atoms. The number of amides is 2. The Labute approximate surface area is 474 Å². The van der Waals surface area contributed by atoms with Gasteiger partial charge in [-0.05, 0) is 101 Å². The number of nitrogens with two attached hydrogens (primary N) is 3. The van der Waals surface area contributed by atoms with Gasteiger partial charge in [0, 0.05) is 86.7 Å². The molecule has 0 unspecified atom stereocenters. The molecule has 0 saturated carbocycles. The van der Waals surface area contributed by atoms with Crippen LogP contribution in [0.3, 0.4) is 0 Å². The number of hydrogen-bond acceptors (Lipinski definition) is 16. The van der Waals surface area contributed by atoms with Crippen LogP contribution in [-0.2, 0) is 20.0 Å². The third-order valence-electron chi connectivity index (χ3n) is 12.5. The molecule has 10 N–H and O–H groups in total. The van der Waals surface area contributed by atoms with Crippen LogP contribution in [0.4, 0.5) is 23.0 Å². The zero-order valence-electron chi connectivity index (χ0n) is 42.6. The molecule has 6 aromatic rings. The monoisotopic (exact) mass is 1200 g/mol. The fourth-order valence-electron chi connectivity index (χ4n) is 8.68. The van der Waals surface area contributed by atoms with Crippen LogP contribution in [0.2, 0.25) is 20.4 Å². The number of benzene rings is 2. The number of rotatable bonds is 13. The molecule has 8 heterocycles. The van der Waals surface area contributed by atoms with Gasteiger partial charge in [0.15, 0.2) is 11.3 Å². The number of hydrogen-bond donors (Lipinski definition) is 7. The van der Waals surface area contributed by atoms with E-state index in [1.807, 2.05) is 12.1 Å². The number of nitrogens with zero attached hydrogens (tertiary/aromatic N) is 9. The normalized spacial score (nSPS) is 17.2. The van der Waals surface area contributed by atoms with E-state index < -0.39 is 20.0 Å². The van der Waals surface area contributed by atoms with Crippen molar-refractivity contribution < 1.29 is 26.4 Å². The molecule has 2 amide bonds. The third-order valence-corrected chi connectivity index (χ3v) is 14.6. The van der Waals surface area contributed by atoms with Crippen molar-refractivity contribution in [1.29, 1.82) is 0 Å². The average Bonchev–Trinajstić information content (AvgIpc) is 3.99. The summed E-state index contributed by atoms with van der Waals surface area (Å²) in [6.07, 6.45) is 9.53. The highest BCUT2D eigenvalue weighted by atomic mass is 35.5. The van der Waals surface area contributed by atoms with Crippen molar-refractivity contribution >= 4 is 125 Å². The number of carbonyl (C=O) groups excluding carboxylic acids is 2. The molecule has 0 aliphatic carbocycles. The van der Waals surface area contributed by atoms with Gasteiger partial charge in [-0.3, -0.25) is 19.0 Å². The highest BCUT2D eigenvalue weighted by Crippen LogP contribution is 2.37. The fraction of sp³-hybridized carbons (Fsp3) is 0.458. The number of nitrogens with one attached hydrogen (secondary N) is 4. The lowest BCUT2D eigenvalue weighted by atomic mass is 9.98. The van der Waals surface area contributed by atoms with Crippen molar-refractivity contribution in [2.24, 2.45) is 17.2 Å². The first-order chi connectivity index (χ1) is 36.3. The predicted molar refractivity (Wildman–Crippen MR) is 308 cm³/mol. The van der Waals surface area contributed by atoms with Crippen molar-refractivity contribution in [2.75, 3.05) is 97.6 Å². The van der Waals surface area contributed by atoms with E-state index in [0.29, 0.717) is 77.9 Å². The van der Waals surface area contributed by atoms with E-state index in [4.69, 9.17) is 73.7 Å². The van der Waals surface area contributed by atoms with Crippen LogP contribution in [0.25, 0.3) is 11.3 Å². The maximum absolute atomic E-state index is 13.8. The summed E-state index contributed by atoms with van der Waals surface area (Å²) in [6.45, 7) is 7.71. The van der Waals surface area contributed by atoms with Crippen LogP contribution in [0, 0.1) is 0 Å². The van der Waals surface area contributed by atoms with Crippen molar-refractivity contribution in [2.45, 2.75) is 63.5 Å². The van der Waals surface area contributed by atoms with Gasteiger partial charge in [-0.15, -0.1) is 12.4 Å². The van der Waals surface area contributed by atoms with Crippen LogP contribution in [0.1, 0.15) is 95.6 Å². The standard InChI is InChI=1S/C24H31ClN8O3S.C19H18Cl3N5O3S.C3H7N.C2H8N2.ClH/c1-37(35,36)30-18-7-6-16(25)13-17(18)24(34)32-12-3-2-5-20(32)19-14-23-28-22(31-10-4-11-31)15-21(27-9-8-26)33(23)29-19;1-31(29,30)25-13-6-5-11(20)8-12(13)19(28)26-7-3-2-4-15(26)14-9-18-23-16(21)10-17(22)27(18)24-14;1-2-4-3-1;3-1-2-4;/h6-7,13-15,20,27,30H,2-5,8-12,26H2,1H3;5-6,8-10,15,25H,2-4,7H2,1H3;4H,1-3H2;1-4H2;1H/t20-;15-;;;/m00.../s1. The van der Waals surface area contributed by atoms with Gasteiger partial charge in [-0.2, -0.15) is 14.7 Å². The molecule has 2 atom stereocenters. The van der Waals surface area contributed by atoms with Gasteiger partial charge in [0.25, 0.3) is 11.8 Å². The van der Waals surface area contributed by atoms with Crippen molar-refractivity contribution in [3.8, 4) is 0 Å². The summed E-state index contributed by atoms with van der Waals surface area (Å²) in [6, 6.07) is 15.6. The quantitative estimate of drug-likeness (QED) is 0.0613. The number of likely N-dealkylation sites (tertiary alicyclic amines) is 2. The Balaban J connectivity index is 0.000000218. The molecule has 4 saturated heterocycles. The summed E-state index contributed by atoms with van der Waals surface area (Å²) in [7, 11) is -7.17. The fourth-order valence-corrected chi connectivity index (χ4v) is 10.7. The summed E-state index contributed by atoms with van der Waals surface area (Å²) in [4.78, 5) is 42.0. The second-order valence-corrected chi connectivity index (χ2v) is 23.6. The number of anilines is 4. The molecule has 4 aromatic heterocycles. The number of carbonyl (C=O) groups is 2. The minimum absolute atomic E-state index is 0. The lowest BCUT2D eigenvalue weighted by Gasteiger charge is -2.35. The maximum Gasteiger partial charge on any atom is 0.256 e. The smallest absolute Gasteiger partial charge is 0.256 e. The van der Waals surface area contributed by atoms with E-state index in [0.717, 1.165) is 81.5 Å². The van der Waals surface area contributed by atoms with Gasteiger partial charge in [-0.1, -0.05) is 46.4 Å². The van der Waals surface area contributed by atoms with E-state index in [9.17, 15) is 26.4 Å². The Morgan fingerprint density at radius 2 is 1.12 bits per heavy atom. The molecule has 420 valence electrons. The van der Waals surface area contributed by atoms with Gasteiger partial charge in [-0.25, -0.2) is 31.3 Å². The molecule has 77 heavy (non-hydrogen) atoms. The average molecular weight is 1200 g/mol. The van der Waals surface area contributed by atoms with Gasteiger partial charge in [0.05, 0.1) is 58.5 Å². The Hall–Kier alpha value is -4.99. The number of sulfonamides is 2. The summed E-state index contributed by atoms with van der Waals surface area (Å²) in [5.74, 6) is 1.04. The molecular formula is C48H65Cl5N16O6S2. The Kier molecular flexibility index (Phi) is 22.1. The van der Waals surface area contributed by atoms with Crippen LogP contribution in [0.15, 0.2) is 60.7 Å². The van der Waals surface area contributed by atoms with Crippen LogP contribution < -0.4 is 42.2 Å². The van der Waals surface area contributed by atoms with Crippen molar-refractivity contribution in [3.63, 3.8) is 0 Å². The summed E-state index contributed by atoms with van der Waals surface area (Å²) in [5, 5.41) is 17.1. The Morgan fingerprint density at radius 3 is 1.55 bits per heavy atom. The zero-order chi connectivity index (χ0) is 54.7. The van der Waals surface area contributed by atoms with Gasteiger partial charge in [0.2, 0.25) is 20.0 Å². The third kappa shape index (κ3) is 16.3. The number of fused-ring (bicyclic) bond motifs is 2. The van der Waals surface area contributed by atoms with E-state index in [2.05, 4.69) is 35.1 Å². The summed E-state index contributed by atoms with van der Waals surface area (Å²) < 4.78 is 55.5. The van der Waals surface area contributed by atoms with E-state index in [-0.39, 0.29) is 64.0 Å². The largest absolute Gasteiger partial charge is 0.369 e. The molecule has 4 aliphatic rings. The van der Waals surface area contributed by atoms with Gasteiger partial charge in [0.1, 0.15) is 21.9 Å². The van der Waals surface area contributed by atoms with Crippen LogP contribution >= 0.6 is 58.8 Å². The van der Waals surface area contributed by atoms with E-state index >= 15 is 0 Å². The predicted octanol–water partition coefficient (Wildman–Crippen LogP) is 6.44.